The fourth-order valence-corrected chi connectivity index (χ4v) is 3.54. The number of rotatable bonds is 5. The van der Waals surface area contributed by atoms with Gasteiger partial charge in [-0.15, -0.1) is 0 Å². The quantitative estimate of drug-likeness (QED) is 0.618. The Labute approximate surface area is 154 Å². The van der Waals surface area contributed by atoms with Crippen LogP contribution in [0, 0.1) is 0 Å². The first-order valence-electron chi connectivity index (χ1n) is 6.93. The number of H-pyrrole nitrogens is 1. The molecule has 1 aromatic heterocycles. The summed E-state index contributed by atoms with van der Waals surface area (Å²) in [5, 5.41) is 10.3. The van der Waals surface area contributed by atoms with Gasteiger partial charge < -0.3 is 10.5 Å². The lowest BCUT2D eigenvalue weighted by Crippen LogP contribution is -2.13. The zero-order chi connectivity index (χ0) is 17.1. The third-order valence-corrected chi connectivity index (χ3v) is 4.32. The first-order chi connectivity index (χ1) is 11.6. The second kappa shape index (κ2) is 7.14. The summed E-state index contributed by atoms with van der Waals surface area (Å²) in [6.45, 7) is 0.373. The molecule has 0 spiro atoms. The van der Waals surface area contributed by atoms with Gasteiger partial charge in [-0.1, -0.05) is 46.3 Å². The van der Waals surface area contributed by atoms with Gasteiger partial charge in [0.05, 0.1) is 4.47 Å². The number of nitrogens with one attached hydrogen (secondary N) is 1. The number of aromatic nitrogens is 3. The Kier molecular flexibility index (Phi) is 4.96. The Morgan fingerprint density at radius 1 is 1.17 bits per heavy atom. The lowest BCUT2D eigenvalue weighted by Gasteiger charge is -2.13. The van der Waals surface area contributed by atoms with Crippen LogP contribution < -0.4 is 10.5 Å². The predicted molar refractivity (Wildman–Crippen MR) is 96.5 cm³/mol. The molecule has 0 fully saturated rings. The van der Waals surface area contributed by atoms with E-state index in [1.54, 1.807) is 6.07 Å². The van der Waals surface area contributed by atoms with Crippen LogP contribution >= 0.6 is 31.9 Å². The van der Waals surface area contributed by atoms with Crippen LogP contribution in [0.1, 0.15) is 16.1 Å². The maximum absolute atomic E-state index is 11.6. The smallest absolute Gasteiger partial charge is 0.271 e. The van der Waals surface area contributed by atoms with Crippen LogP contribution in [0.2, 0.25) is 0 Å². The summed E-state index contributed by atoms with van der Waals surface area (Å²) in [6.07, 6.45) is 0. The maximum atomic E-state index is 11.6. The average molecular weight is 452 g/mol. The minimum atomic E-state index is -0.663. The second-order valence-corrected chi connectivity index (χ2v) is 6.69. The largest absolute Gasteiger partial charge is 0.487 e. The van der Waals surface area contributed by atoms with Crippen LogP contribution in [0.25, 0.3) is 11.3 Å². The summed E-state index contributed by atoms with van der Waals surface area (Å²) < 4.78 is 7.49. The highest BCUT2D eigenvalue weighted by molar-refractivity contribution is 9.11. The number of nitrogens with two attached hydrogens (primary N) is 1. The minimum absolute atomic E-state index is 0.0598. The Hall–Kier alpha value is -2.19. The molecule has 8 heteroatoms. The second-order valence-electron chi connectivity index (χ2n) is 4.92. The van der Waals surface area contributed by atoms with E-state index >= 15 is 0 Å². The van der Waals surface area contributed by atoms with Crippen molar-refractivity contribution < 1.29 is 9.53 Å². The highest BCUT2D eigenvalue weighted by Gasteiger charge is 2.21. The van der Waals surface area contributed by atoms with E-state index in [1.165, 1.54) is 0 Å². The molecule has 1 amide bonds. The molecule has 0 saturated heterocycles. The van der Waals surface area contributed by atoms with Gasteiger partial charge in [0.2, 0.25) is 0 Å². The van der Waals surface area contributed by atoms with E-state index < -0.39 is 5.91 Å². The first kappa shape index (κ1) is 16.7. The van der Waals surface area contributed by atoms with Crippen LogP contribution in [-0.2, 0) is 6.61 Å². The van der Waals surface area contributed by atoms with E-state index in [9.17, 15) is 4.79 Å². The van der Waals surface area contributed by atoms with Gasteiger partial charge >= 0.3 is 0 Å². The molecule has 6 nitrogen and oxygen atoms in total. The number of aromatic amines is 1. The van der Waals surface area contributed by atoms with Crippen molar-refractivity contribution >= 4 is 37.8 Å². The molecule has 0 aliphatic carbocycles. The summed E-state index contributed by atoms with van der Waals surface area (Å²) in [5.41, 5.74) is 7.39. The number of halogens is 2. The molecule has 0 unspecified atom stereocenters. The summed E-state index contributed by atoms with van der Waals surface area (Å²) in [6, 6.07) is 13.4. The van der Waals surface area contributed by atoms with E-state index in [2.05, 4.69) is 47.3 Å². The number of nitrogens with zero attached hydrogens (tertiary/aromatic N) is 2. The number of amides is 1. The molecule has 0 radical (unpaired) electrons. The van der Waals surface area contributed by atoms with Crippen molar-refractivity contribution in [3.8, 4) is 17.0 Å². The lowest BCUT2D eigenvalue weighted by molar-refractivity contribution is 0.0996. The number of hydrogen-bond donors (Lipinski definition) is 2. The van der Waals surface area contributed by atoms with Crippen molar-refractivity contribution in [1.82, 2.24) is 15.4 Å². The summed E-state index contributed by atoms with van der Waals surface area (Å²) in [5.74, 6) is -0.109. The van der Waals surface area contributed by atoms with Gasteiger partial charge in [0.25, 0.3) is 5.91 Å². The monoisotopic (exact) mass is 450 g/mol. The molecule has 0 aliphatic heterocycles. The summed E-state index contributed by atoms with van der Waals surface area (Å²) in [7, 11) is 0. The molecule has 24 heavy (non-hydrogen) atoms. The van der Waals surface area contributed by atoms with Crippen LogP contribution in [0.5, 0.6) is 5.75 Å². The maximum Gasteiger partial charge on any atom is 0.271 e. The van der Waals surface area contributed by atoms with Gasteiger partial charge in [-0.3, -0.25) is 4.79 Å². The summed E-state index contributed by atoms with van der Waals surface area (Å²) in [4.78, 5) is 11.6. The Morgan fingerprint density at radius 3 is 2.62 bits per heavy atom. The van der Waals surface area contributed by atoms with E-state index in [-0.39, 0.29) is 5.69 Å². The number of benzene rings is 2. The molecular formula is C16H12Br2N4O2. The zero-order valence-corrected chi connectivity index (χ0v) is 15.5. The van der Waals surface area contributed by atoms with Crippen molar-refractivity contribution in [1.29, 1.82) is 0 Å². The molecular weight excluding hydrogens is 440 g/mol. The Balaban J connectivity index is 2.02. The van der Waals surface area contributed by atoms with Crippen molar-refractivity contribution in [3.63, 3.8) is 0 Å². The van der Waals surface area contributed by atoms with Crippen LogP contribution in [-0.4, -0.2) is 21.3 Å². The SMILES string of the molecule is NC(=O)c1n[nH]nc1-c1cc(Br)cc(Br)c1OCc1ccccc1. The van der Waals surface area contributed by atoms with Crippen molar-refractivity contribution in [2.24, 2.45) is 5.73 Å². The Bertz CT molecular complexity index is 881. The highest BCUT2D eigenvalue weighted by Crippen LogP contribution is 2.39. The molecule has 3 aromatic rings. The Morgan fingerprint density at radius 2 is 1.92 bits per heavy atom. The number of carbonyl (C=O) groups excluding carboxylic acids is 1. The van der Waals surface area contributed by atoms with Crippen molar-refractivity contribution in [3.05, 3.63) is 62.7 Å². The van der Waals surface area contributed by atoms with E-state index in [4.69, 9.17) is 10.5 Å². The molecule has 2 aromatic carbocycles. The minimum Gasteiger partial charge on any atom is -0.487 e. The topological polar surface area (TPSA) is 93.9 Å². The summed E-state index contributed by atoms with van der Waals surface area (Å²) >= 11 is 6.92. The van der Waals surface area contributed by atoms with Crippen molar-refractivity contribution in [2.45, 2.75) is 6.61 Å². The highest BCUT2D eigenvalue weighted by atomic mass is 79.9. The van der Waals surface area contributed by atoms with Crippen LogP contribution in [0.15, 0.2) is 51.4 Å². The van der Waals surface area contributed by atoms with E-state index in [0.29, 0.717) is 23.6 Å². The van der Waals surface area contributed by atoms with Crippen LogP contribution in [0.4, 0.5) is 0 Å². The van der Waals surface area contributed by atoms with Crippen molar-refractivity contribution in [2.75, 3.05) is 0 Å². The van der Waals surface area contributed by atoms with Gasteiger partial charge in [-0.05, 0) is 33.6 Å². The first-order valence-corrected chi connectivity index (χ1v) is 8.51. The molecule has 0 bridgehead atoms. The number of carbonyl (C=O) groups is 1. The van der Waals surface area contributed by atoms with Gasteiger partial charge in [0, 0.05) is 10.0 Å². The standard InChI is InChI=1S/C16H12Br2N4O2/c17-10-6-11(13-14(16(19)23)21-22-20-13)15(12(18)7-10)24-8-9-4-2-1-3-5-9/h1-7H,8H2,(H2,19,23)(H,20,21,22). The third-order valence-electron chi connectivity index (χ3n) is 3.27. The molecule has 3 N–H and O–H groups in total. The third kappa shape index (κ3) is 3.49. The fourth-order valence-electron chi connectivity index (χ4n) is 2.20. The molecule has 0 atom stereocenters. The number of hydrogen-bond acceptors (Lipinski definition) is 4. The average Bonchev–Trinajstić information content (AvgIpc) is 3.04. The normalized spacial score (nSPS) is 10.6. The van der Waals surface area contributed by atoms with Crippen LogP contribution in [0.3, 0.4) is 0 Å². The van der Waals surface area contributed by atoms with Gasteiger partial charge in [-0.25, -0.2) is 0 Å². The fraction of sp³-hybridized carbons (Fsp3) is 0.0625. The van der Waals surface area contributed by atoms with Gasteiger partial charge in [0.1, 0.15) is 18.1 Å². The molecule has 1 heterocycles. The zero-order valence-electron chi connectivity index (χ0n) is 12.3. The molecule has 122 valence electrons. The molecule has 0 aliphatic rings. The molecule has 3 rings (SSSR count). The van der Waals surface area contributed by atoms with E-state index in [0.717, 1.165) is 14.5 Å². The number of primary amides is 1. The van der Waals surface area contributed by atoms with E-state index in [1.807, 2.05) is 36.4 Å². The van der Waals surface area contributed by atoms with Gasteiger partial charge in [0.15, 0.2) is 5.69 Å². The van der Waals surface area contributed by atoms with Gasteiger partial charge in [-0.2, -0.15) is 15.4 Å². The molecule has 0 saturated carbocycles. The predicted octanol–water partition coefficient (Wildman–Crippen LogP) is 3.67. The lowest BCUT2D eigenvalue weighted by atomic mass is 10.1. The number of ether oxygens (including phenoxy) is 1.